The van der Waals surface area contributed by atoms with Gasteiger partial charge in [0, 0.05) is 38.1 Å². The molecular weight excluding hydrogens is 543 g/mol. The zero-order chi connectivity index (χ0) is 22.8. The van der Waals surface area contributed by atoms with Crippen LogP contribution in [0.25, 0.3) is 0 Å². The Morgan fingerprint density at radius 2 is 1.85 bits per heavy atom. The van der Waals surface area contributed by atoms with Gasteiger partial charge >= 0.3 is 6.61 Å². The highest BCUT2D eigenvalue weighted by atomic mass is 127. The van der Waals surface area contributed by atoms with Gasteiger partial charge in [-0.05, 0) is 30.2 Å². The van der Waals surface area contributed by atoms with Crippen molar-refractivity contribution >= 4 is 29.9 Å². The Hall–Kier alpha value is -2.89. The van der Waals surface area contributed by atoms with Crippen molar-refractivity contribution in [1.82, 2.24) is 20.4 Å². The minimum atomic E-state index is -2.94. The van der Waals surface area contributed by atoms with Crippen LogP contribution in [0.5, 0.6) is 11.5 Å². The number of nitrogens with one attached hydrogen (secondary N) is 2. The Balaban J connectivity index is 0.00000385. The maximum absolute atomic E-state index is 12.9. The van der Waals surface area contributed by atoms with Gasteiger partial charge in [0.25, 0.3) is 0 Å². The number of ether oxygens (including phenoxy) is 2. The van der Waals surface area contributed by atoms with E-state index < -0.39 is 6.61 Å². The number of guanidine groups is 1. The van der Waals surface area contributed by atoms with Crippen molar-refractivity contribution < 1.29 is 18.3 Å². The molecule has 0 aliphatic carbocycles. The van der Waals surface area contributed by atoms with Crippen molar-refractivity contribution in [2.24, 2.45) is 4.99 Å². The van der Waals surface area contributed by atoms with Crippen molar-refractivity contribution in [3.63, 3.8) is 0 Å². The summed E-state index contributed by atoms with van der Waals surface area (Å²) in [7, 11) is 1.65. The molecule has 0 spiro atoms. The molecule has 2 N–H and O–H groups in total. The zero-order valence-corrected chi connectivity index (χ0v) is 20.8. The van der Waals surface area contributed by atoms with Crippen LogP contribution in [0.3, 0.4) is 0 Å². The van der Waals surface area contributed by atoms with E-state index in [0.29, 0.717) is 31.2 Å². The second-order valence-corrected chi connectivity index (χ2v) is 6.86. The first-order valence-corrected chi connectivity index (χ1v) is 10.3. The van der Waals surface area contributed by atoms with Gasteiger partial charge in [0.15, 0.2) is 17.5 Å². The van der Waals surface area contributed by atoms with Gasteiger partial charge in [-0.2, -0.15) is 13.9 Å². The Kier molecular flexibility index (Phi) is 10.9. The molecule has 0 amide bonds. The van der Waals surface area contributed by atoms with Crippen LogP contribution in [0.2, 0.25) is 0 Å². The summed E-state index contributed by atoms with van der Waals surface area (Å²) in [6.45, 7) is 0.665. The number of halogens is 3. The molecule has 7 nitrogen and oxygen atoms in total. The highest BCUT2D eigenvalue weighted by molar-refractivity contribution is 14.0. The predicted molar refractivity (Wildman–Crippen MR) is 134 cm³/mol. The summed E-state index contributed by atoms with van der Waals surface area (Å²) in [5.41, 5.74) is 2.76. The standard InChI is InChI=1S/C23H27F2N5O2.HI/c1-3-31-20-10-5-9-19(21(20)32-22(24)25)15-28-23(26-2)27-14-17-7-4-8-18(13-17)16-30-12-6-11-29-30;/h4-13,22H,3,14-16H2,1-2H3,(H2,26,27,28);1H. The molecule has 0 aliphatic rings. The average molecular weight is 571 g/mol. The van der Waals surface area contributed by atoms with Crippen molar-refractivity contribution in [1.29, 1.82) is 0 Å². The fraction of sp³-hybridized carbons (Fsp3) is 0.304. The number of rotatable bonds is 10. The molecule has 0 atom stereocenters. The number of nitrogens with zero attached hydrogens (tertiary/aromatic N) is 3. The van der Waals surface area contributed by atoms with E-state index in [1.165, 1.54) is 0 Å². The first-order chi connectivity index (χ1) is 15.6. The Morgan fingerprint density at radius 3 is 2.55 bits per heavy atom. The second kappa shape index (κ2) is 13.6. The molecule has 0 fully saturated rings. The quantitative estimate of drug-likeness (QED) is 0.214. The lowest BCUT2D eigenvalue weighted by Crippen LogP contribution is -2.36. The molecule has 33 heavy (non-hydrogen) atoms. The van der Waals surface area contributed by atoms with Crippen LogP contribution >= 0.6 is 24.0 Å². The smallest absolute Gasteiger partial charge is 0.387 e. The van der Waals surface area contributed by atoms with E-state index in [9.17, 15) is 8.78 Å². The normalized spacial score (nSPS) is 11.1. The van der Waals surface area contributed by atoms with Crippen LogP contribution in [0.1, 0.15) is 23.6 Å². The van der Waals surface area contributed by atoms with E-state index in [1.807, 2.05) is 35.1 Å². The molecule has 0 bridgehead atoms. The molecule has 1 heterocycles. The van der Waals surface area contributed by atoms with Gasteiger partial charge in [0.2, 0.25) is 0 Å². The maximum atomic E-state index is 12.9. The SMILES string of the molecule is CCOc1cccc(CNC(=NC)NCc2cccc(Cn3cccn3)c2)c1OC(F)F.I. The summed E-state index contributed by atoms with van der Waals surface area (Å²) in [6, 6.07) is 15.1. The van der Waals surface area contributed by atoms with E-state index in [4.69, 9.17) is 9.47 Å². The van der Waals surface area contributed by atoms with Gasteiger partial charge in [-0.25, -0.2) is 0 Å². The fourth-order valence-corrected chi connectivity index (χ4v) is 3.20. The molecule has 0 radical (unpaired) electrons. The molecule has 0 saturated carbocycles. The van der Waals surface area contributed by atoms with Crippen LogP contribution < -0.4 is 20.1 Å². The molecule has 1 aromatic heterocycles. The number of benzene rings is 2. The molecule has 0 unspecified atom stereocenters. The molecule has 3 rings (SSSR count). The third-order valence-corrected chi connectivity index (χ3v) is 4.59. The topological polar surface area (TPSA) is 72.7 Å². The van der Waals surface area contributed by atoms with Crippen LogP contribution in [0, 0.1) is 0 Å². The Morgan fingerprint density at radius 1 is 1.09 bits per heavy atom. The summed E-state index contributed by atoms with van der Waals surface area (Å²) in [5, 5.41) is 10.6. The van der Waals surface area contributed by atoms with Crippen molar-refractivity contribution in [3.05, 3.63) is 77.6 Å². The number of hydrogen-bond donors (Lipinski definition) is 2. The summed E-state index contributed by atoms with van der Waals surface area (Å²) < 4.78 is 37.8. The average Bonchev–Trinajstić information content (AvgIpc) is 3.29. The molecule has 0 saturated heterocycles. The van der Waals surface area contributed by atoms with Gasteiger partial charge < -0.3 is 20.1 Å². The minimum Gasteiger partial charge on any atom is -0.490 e. The largest absolute Gasteiger partial charge is 0.490 e. The van der Waals surface area contributed by atoms with Gasteiger partial charge in [0.05, 0.1) is 13.2 Å². The predicted octanol–water partition coefficient (Wildman–Crippen LogP) is 4.41. The number of para-hydroxylation sites is 1. The summed E-state index contributed by atoms with van der Waals surface area (Å²) in [5.74, 6) is 0.843. The van der Waals surface area contributed by atoms with Gasteiger partial charge in [-0.15, -0.1) is 24.0 Å². The van der Waals surface area contributed by atoms with Crippen molar-refractivity contribution in [2.75, 3.05) is 13.7 Å². The minimum absolute atomic E-state index is 0. The molecule has 178 valence electrons. The summed E-state index contributed by atoms with van der Waals surface area (Å²) in [4.78, 5) is 4.21. The van der Waals surface area contributed by atoms with Gasteiger partial charge in [-0.3, -0.25) is 9.67 Å². The third kappa shape index (κ3) is 8.19. The molecule has 0 aliphatic heterocycles. The van der Waals surface area contributed by atoms with Crippen molar-refractivity contribution in [3.8, 4) is 11.5 Å². The summed E-state index contributed by atoms with van der Waals surface area (Å²) in [6.07, 6.45) is 3.67. The fourth-order valence-electron chi connectivity index (χ4n) is 3.20. The molecule has 10 heteroatoms. The number of aliphatic imine (C=N–C) groups is 1. The van der Waals surface area contributed by atoms with E-state index in [2.05, 4.69) is 26.8 Å². The van der Waals surface area contributed by atoms with Crippen LogP contribution in [0.4, 0.5) is 8.78 Å². The van der Waals surface area contributed by atoms with Crippen LogP contribution in [0.15, 0.2) is 65.9 Å². The van der Waals surface area contributed by atoms with Crippen LogP contribution in [-0.4, -0.2) is 36.0 Å². The lowest BCUT2D eigenvalue weighted by molar-refractivity contribution is -0.0520. The molecular formula is C23H28F2IN5O2. The molecule has 2 aromatic carbocycles. The van der Waals surface area contributed by atoms with E-state index in [-0.39, 0.29) is 42.0 Å². The number of hydrogen-bond acceptors (Lipinski definition) is 4. The second-order valence-electron chi connectivity index (χ2n) is 6.86. The lowest BCUT2D eigenvalue weighted by Gasteiger charge is -2.17. The zero-order valence-electron chi connectivity index (χ0n) is 18.5. The highest BCUT2D eigenvalue weighted by Gasteiger charge is 2.16. The first-order valence-electron chi connectivity index (χ1n) is 10.3. The van der Waals surface area contributed by atoms with Crippen LogP contribution in [-0.2, 0) is 19.6 Å². The van der Waals surface area contributed by atoms with Gasteiger partial charge in [-0.1, -0.05) is 36.4 Å². The van der Waals surface area contributed by atoms with E-state index >= 15 is 0 Å². The number of alkyl halides is 2. The Labute approximate surface area is 209 Å². The highest BCUT2D eigenvalue weighted by Crippen LogP contribution is 2.32. The van der Waals surface area contributed by atoms with E-state index in [1.54, 1.807) is 38.4 Å². The maximum Gasteiger partial charge on any atom is 0.387 e. The lowest BCUT2D eigenvalue weighted by atomic mass is 10.1. The monoisotopic (exact) mass is 571 g/mol. The third-order valence-electron chi connectivity index (χ3n) is 4.59. The number of aromatic nitrogens is 2. The Bertz CT molecular complexity index is 1020. The molecule has 3 aromatic rings. The first kappa shape index (κ1) is 26.4. The van der Waals surface area contributed by atoms with Gasteiger partial charge in [0.1, 0.15) is 0 Å². The van der Waals surface area contributed by atoms with E-state index in [0.717, 1.165) is 11.1 Å². The van der Waals surface area contributed by atoms with Crippen molar-refractivity contribution in [2.45, 2.75) is 33.2 Å². The summed E-state index contributed by atoms with van der Waals surface area (Å²) >= 11 is 0.